The molecule has 5 rings (SSSR count). The van der Waals surface area contributed by atoms with Gasteiger partial charge < -0.3 is 15.3 Å². The van der Waals surface area contributed by atoms with E-state index in [0.717, 1.165) is 34.9 Å². The Morgan fingerprint density at radius 1 is 1.03 bits per heavy atom. The van der Waals surface area contributed by atoms with E-state index in [2.05, 4.69) is 5.32 Å². The number of rotatable bonds is 6. The van der Waals surface area contributed by atoms with Crippen molar-refractivity contribution in [2.45, 2.75) is 19.3 Å². The molecule has 0 saturated carbocycles. The average molecular weight is 551 g/mol. The van der Waals surface area contributed by atoms with Crippen LogP contribution in [0.25, 0.3) is 10.1 Å². The molecular weight excluding hydrogens is 527 g/mol. The number of anilines is 1. The topological polar surface area (TPSA) is 86.7 Å². The number of fused-ring (bicyclic) bond motifs is 1. The molecule has 6 nitrogen and oxygen atoms in total. The summed E-state index contributed by atoms with van der Waals surface area (Å²) in [5.41, 5.74) is 1.23. The SMILES string of the molecule is O=C(O)c1cc(C(=O)N2CCC(Cc3ccc(F)cc3)CC2)ccc1NC(=O)c1sc2ccccc2c1Cl. The van der Waals surface area contributed by atoms with Crippen LogP contribution in [-0.4, -0.2) is 40.9 Å². The van der Waals surface area contributed by atoms with Crippen molar-refractivity contribution in [3.05, 3.63) is 99.1 Å². The maximum Gasteiger partial charge on any atom is 0.337 e. The van der Waals surface area contributed by atoms with E-state index in [1.165, 1.54) is 41.7 Å². The third-order valence-corrected chi connectivity index (χ3v) is 8.50. The van der Waals surface area contributed by atoms with Crippen LogP contribution in [0.5, 0.6) is 0 Å². The second-order valence-electron chi connectivity index (χ2n) is 9.33. The second kappa shape index (κ2) is 10.9. The standard InChI is InChI=1S/C29H24ClFN2O4S/c30-25-21-3-1-2-4-24(21)38-26(25)27(34)32-23-10-7-19(16-22(23)29(36)37)28(35)33-13-11-18(12-14-33)15-17-5-8-20(31)9-6-17/h1-10,16,18H,11-15H2,(H,32,34)(H,36,37). The Balaban J connectivity index is 1.27. The Morgan fingerprint density at radius 3 is 2.42 bits per heavy atom. The van der Waals surface area contributed by atoms with Gasteiger partial charge in [-0.25, -0.2) is 9.18 Å². The molecular formula is C29H24ClFN2O4S. The van der Waals surface area contributed by atoms with Crippen LogP contribution < -0.4 is 5.32 Å². The summed E-state index contributed by atoms with van der Waals surface area (Å²) in [5, 5.41) is 13.5. The van der Waals surface area contributed by atoms with Gasteiger partial charge in [0, 0.05) is 28.7 Å². The number of likely N-dealkylation sites (tertiary alicyclic amines) is 1. The monoisotopic (exact) mass is 550 g/mol. The predicted octanol–water partition coefficient (Wildman–Crippen LogP) is 6.74. The molecule has 38 heavy (non-hydrogen) atoms. The minimum absolute atomic E-state index is 0.0885. The van der Waals surface area contributed by atoms with Crippen LogP contribution in [0.1, 0.15) is 48.8 Å². The third-order valence-electron chi connectivity index (χ3n) is 6.83. The molecule has 1 fully saturated rings. The number of carboxylic acids is 1. The molecule has 2 heterocycles. The van der Waals surface area contributed by atoms with E-state index < -0.39 is 11.9 Å². The first-order valence-electron chi connectivity index (χ1n) is 12.2. The quantitative estimate of drug-likeness (QED) is 0.278. The van der Waals surface area contributed by atoms with Gasteiger partial charge in [0.1, 0.15) is 10.7 Å². The fraction of sp³-hybridized carbons (Fsp3) is 0.207. The fourth-order valence-electron chi connectivity index (χ4n) is 4.78. The largest absolute Gasteiger partial charge is 0.478 e. The number of nitrogens with one attached hydrogen (secondary N) is 1. The van der Waals surface area contributed by atoms with E-state index in [0.29, 0.717) is 24.0 Å². The summed E-state index contributed by atoms with van der Waals surface area (Å²) >= 11 is 7.63. The smallest absolute Gasteiger partial charge is 0.337 e. The predicted molar refractivity (Wildman–Crippen MR) is 147 cm³/mol. The summed E-state index contributed by atoms with van der Waals surface area (Å²) in [6.07, 6.45) is 2.43. The highest BCUT2D eigenvalue weighted by molar-refractivity contribution is 7.21. The number of hydrogen-bond donors (Lipinski definition) is 2. The van der Waals surface area contributed by atoms with Crippen molar-refractivity contribution in [1.29, 1.82) is 0 Å². The zero-order valence-corrected chi connectivity index (χ0v) is 21.8. The van der Waals surface area contributed by atoms with Gasteiger partial charge in [-0.2, -0.15) is 0 Å². The van der Waals surface area contributed by atoms with Crippen LogP contribution >= 0.6 is 22.9 Å². The highest BCUT2D eigenvalue weighted by Gasteiger charge is 2.26. The molecule has 0 radical (unpaired) electrons. The molecule has 0 atom stereocenters. The van der Waals surface area contributed by atoms with Crippen molar-refractivity contribution in [1.82, 2.24) is 4.90 Å². The number of carbonyl (C=O) groups is 3. The lowest BCUT2D eigenvalue weighted by Gasteiger charge is -2.32. The number of thiophene rings is 1. The van der Waals surface area contributed by atoms with Crippen LogP contribution in [-0.2, 0) is 6.42 Å². The first-order chi connectivity index (χ1) is 18.3. The number of aromatic carboxylic acids is 1. The van der Waals surface area contributed by atoms with E-state index in [-0.39, 0.29) is 33.4 Å². The van der Waals surface area contributed by atoms with Crippen LogP contribution in [0.15, 0.2) is 66.7 Å². The fourth-order valence-corrected chi connectivity index (χ4v) is 6.19. The van der Waals surface area contributed by atoms with Gasteiger partial charge in [0.05, 0.1) is 16.3 Å². The normalized spacial score (nSPS) is 14.0. The number of carbonyl (C=O) groups excluding carboxylic acids is 2. The Kier molecular flexibility index (Phi) is 7.44. The molecule has 1 saturated heterocycles. The van der Waals surface area contributed by atoms with Gasteiger partial charge in [-0.1, -0.05) is 41.9 Å². The van der Waals surface area contributed by atoms with E-state index in [1.54, 1.807) is 17.0 Å². The maximum absolute atomic E-state index is 13.2. The zero-order valence-electron chi connectivity index (χ0n) is 20.2. The molecule has 4 aromatic rings. The Labute approximate surface area is 227 Å². The van der Waals surface area contributed by atoms with Crippen molar-refractivity contribution < 1.29 is 23.9 Å². The van der Waals surface area contributed by atoms with Crippen LogP contribution in [0, 0.1) is 11.7 Å². The molecule has 9 heteroatoms. The van der Waals surface area contributed by atoms with Gasteiger partial charge in [-0.05, 0) is 67.1 Å². The number of nitrogens with zero attached hydrogens (tertiary/aromatic N) is 1. The van der Waals surface area contributed by atoms with Crippen LogP contribution in [0.2, 0.25) is 5.02 Å². The lowest BCUT2D eigenvalue weighted by atomic mass is 9.90. The number of benzene rings is 3. The van der Waals surface area contributed by atoms with Crippen LogP contribution in [0.3, 0.4) is 0 Å². The van der Waals surface area contributed by atoms with Crippen LogP contribution in [0.4, 0.5) is 10.1 Å². The summed E-state index contributed by atoms with van der Waals surface area (Å²) in [6.45, 7) is 1.10. The Bertz CT molecular complexity index is 1530. The van der Waals surface area contributed by atoms with Gasteiger partial charge in [-0.15, -0.1) is 11.3 Å². The first kappa shape index (κ1) is 25.9. The summed E-state index contributed by atoms with van der Waals surface area (Å²) in [6, 6.07) is 18.1. The summed E-state index contributed by atoms with van der Waals surface area (Å²) in [7, 11) is 0. The molecule has 2 amide bonds. The Morgan fingerprint density at radius 2 is 1.74 bits per heavy atom. The Hall–Kier alpha value is -3.75. The van der Waals surface area contributed by atoms with Crippen molar-refractivity contribution >= 4 is 56.5 Å². The van der Waals surface area contributed by atoms with Crippen molar-refractivity contribution in [2.75, 3.05) is 18.4 Å². The minimum atomic E-state index is -1.25. The summed E-state index contributed by atoms with van der Waals surface area (Å²) < 4.78 is 14.0. The third kappa shape index (κ3) is 5.42. The van der Waals surface area contributed by atoms with Gasteiger partial charge in [0.25, 0.3) is 11.8 Å². The summed E-state index contributed by atoms with van der Waals surface area (Å²) in [4.78, 5) is 40.1. The molecule has 0 spiro atoms. The first-order valence-corrected chi connectivity index (χ1v) is 13.4. The molecule has 0 bridgehead atoms. The lowest BCUT2D eigenvalue weighted by Crippen LogP contribution is -2.39. The molecule has 1 aliphatic rings. The lowest BCUT2D eigenvalue weighted by molar-refractivity contribution is 0.0690. The molecule has 1 aromatic heterocycles. The van der Waals surface area contributed by atoms with E-state index in [1.807, 2.05) is 24.3 Å². The van der Waals surface area contributed by atoms with E-state index >= 15 is 0 Å². The second-order valence-corrected chi connectivity index (χ2v) is 10.8. The number of carboxylic acid groups (broad SMARTS) is 1. The van der Waals surface area contributed by atoms with Crippen molar-refractivity contribution in [2.24, 2.45) is 5.92 Å². The van der Waals surface area contributed by atoms with Gasteiger partial charge >= 0.3 is 5.97 Å². The highest BCUT2D eigenvalue weighted by atomic mass is 35.5. The summed E-state index contributed by atoms with van der Waals surface area (Å²) in [5.74, 6) is -1.89. The minimum Gasteiger partial charge on any atom is -0.478 e. The van der Waals surface area contributed by atoms with Gasteiger partial charge in [-0.3, -0.25) is 9.59 Å². The number of halogens is 2. The van der Waals surface area contributed by atoms with Gasteiger partial charge in [0.15, 0.2) is 0 Å². The highest BCUT2D eigenvalue weighted by Crippen LogP contribution is 2.36. The molecule has 2 N–H and O–H groups in total. The van der Waals surface area contributed by atoms with E-state index in [4.69, 9.17) is 11.6 Å². The van der Waals surface area contributed by atoms with E-state index in [9.17, 15) is 23.9 Å². The number of amides is 2. The molecule has 3 aromatic carbocycles. The average Bonchev–Trinajstić information content (AvgIpc) is 3.26. The molecule has 1 aliphatic heterocycles. The molecule has 0 aliphatic carbocycles. The number of piperidine rings is 1. The molecule has 194 valence electrons. The van der Waals surface area contributed by atoms with Gasteiger partial charge in [0.2, 0.25) is 0 Å². The van der Waals surface area contributed by atoms with Crippen molar-refractivity contribution in [3.8, 4) is 0 Å². The maximum atomic E-state index is 13.2. The number of hydrogen-bond acceptors (Lipinski definition) is 4. The zero-order chi connectivity index (χ0) is 26.8. The van der Waals surface area contributed by atoms with Crippen molar-refractivity contribution in [3.63, 3.8) is 0 Å². The molecule has 0 unspecified atom stereocenters.